The zero-order chi connectivity index (χ0) is 21.5. The van der Waals surface area contributed by atoms with Crippen LogP contribution in [0.4, 0.5) is 5.82 Å². The molecular weight excluding hydrogens is 434 g/mol. The van der Waals surface area contributed by atoms with Gasteiger partial charge in [0.15, 0.2) is 0 Å². The molecule has 156 valence electrons. The van der Waals surface area contributed by atoms with Gasteiger partial charge >= 0.3 is 0 Å². The maximum atomic E-state index is 12.9. The molecule has 1 saturated heterocycles. The number of piperazine rings is 1. The first kappa shape index (κ1) is 19.7. The summed E-state index contributed by atoms with van der Waals surface area (Å²) < 4.78 is 0.960. The number of nitrogens with zero attached hydrogens (tertiary/aromatic N) is 4. The van der Waals surface area contributed by atoms with Crippen LogP contribution in [0.1, 0.15) is 15.2 Å². The Hall–Kier alpha value is -3.23. The minimum atomic E-state index is -0.122. The zero-order valence-corrected chi connectivity index (χ0v) is 18.0. The summed E-state index contributed by atoms with van der Waals surface area (Å²) in [4.78, 5) is 37.9. The van der Waals surface area contributed by atoms with Gasteiger partial charge in [0.05, 0.1) is 10.4 Å². The third-order valence-electron chi connectivity index (χ3n) is 5.40. The van der Waals surface area contributed by atoms with Gasteiger partial charge in [-0.05, 0) is 41.3 Å². The second-order valence-electron chi connectivity index (χ2n) is 7.45. The second-order valence-corrected chi connectivity index (χ2v) is 8.97. The van der Waals surface area contributed by atoms with Gasteiger partial charge < -0.3 is 15.5 Å². The number of hydrogen-bond acceptors (Lipinski definition) is 6. The first-order valence-electron chi connectivity index (χ1n) is 9.73. The van der Waals surface area contributed by atoms with Crippen molar-refractivity contribution in [2.75, 3.05) is 25.4 Å². The van der Waals surface area contributed by atoms with Crippen molar-refractivity contribution in [2.24, 2.45) is 0 Å². The summed E-state index contributed by atoms with van der Waals surface area (Å²) >= 11 is 7.44. The number of amides is 2. The molecular formula is C22H18ClN5O2S. The van der Waals surface area contributed by atoms with E-state index in [1.54, 1.807) is 15.9 Å². The van der Waals surface area contributed by atoms with E-state index in [-0.39, 0.29) is 18.4 Å². The Kier molecular flexibility index (Phi) is 4.95. The average molecular weight is 452 g/mol. The maximum absolute atomic E-state index is 12.9. The molecule has 7 nitrogen and oxygen atoms in total. The Morgan fingerprint density at radius 2 is 2.00 bits per heavy atom. The summed E-state index contributed by atoms with van der Waals surface area (Å²) in [7, 11) is 0. The summed E-state index contributed by atoms with van der Waals surface area (Å²) in [5.74, 6) is 0.234. The fourth-order valence-electron chi connectivity index (χ4n) is 3.76. The number of fused-ring (bicyclic) bond motifs is 2. The first-order chi connectivity index (χ1) is 15.0. The van der Waals surface area contributed by atoms with Gasteiger partial charge in [-0.3, -0.25) is 9.59 Å². The van der Waals surface area contributed by atoms with Crippen LogP contribution in [0.3, 0.4) is 0 Å². The van der Waals surface area contributed by atoms with E-state index in [1.807, 2.05) is 36.4 Å². The van der Waals surface area contributed by atoms with Crippen molar-refractivity contribution in [1.29, 1.82) is 0 Å². The predicted octanol–water partition coefficient (Wildman–Crippen LogP) is 3.56. The second kappa shape index (κ2) is 7.79. The number of rotatable bonds is 3. The van der Waals surface area contributed by atoms with Crippen molar-refractivity contribution in [1.82, 2.24) is 19.8 Å². The van der Waals surface area contributed by atoms with Gasteiger partial charge in [0.2, 0.25) is 5.91 Å². The van der Waals surface area contributed by atoms with Gasteiger partial charge in [-0.2, -0.15) is 0 Å². The molecule has 3 heterocycles. The van der Waals surface area contributed by atoms with Crippen LogP contribution >= 0.6 is 22.9 Å². The van der Waals surface area contributed by atoms with Crippen LogP contribution in [0.5, 0.6) is 0 Å². The van der Waals surface area contributed by atoms with E-state index in [1.165, 1.54) is 17.7 Å². The number of nitrogens with two attached hydrogens (primary N) is 1. The van der Waals surface area contributed by atoms with Crippen LogP contribution in [0.2, 0.25) is 5.02 Å². The van der Waals surface area contributed by atoms with E-state index in [0.717, 1.165) is 26.6 Å². The molecule has 0 radical (unpaired) electrons. The monoisotopic (exact) mass is 451 g/mol. The molecule has 5 rings (SSSR count). The van der Waals surface area contributed by atoms with Gasteiger partial charge in [-0.1, -0.05) is 23.7 Å². The molecule has 0 atom stereocenters. The van der Waals surface area contributed by atoms with Crippen LogP contribution in [0.15, 0.2) is 48.8 Å². The highest BCUT2D eigenvalue weighted by atomic mass is 35.5. The van der Waals surface area contributed by atoms with Crippen LogP contribution < -0.4 is 5.73 Å². The molecule has 1 aliphatic rings. The minimum absolute atomic E-state index is 0.0660. The van der Waals surface area contributed by atoms with Gasteiger partial charge in [-0.15, -0.1) is 11.3 Å². The highest BCUT2D eigenvalue weighted by Crippen LogP contribution is 2.29. The normalized spacial score (nSPS) is 14.5. The lowest BCUT2D eigenvalue weighted by Gasteiger charge is -2.34. The number of carbonyl (C=O) groups is 2. The average Bonchev–Trinajstić information content (AvgIpc) is 3.18. The van der Waals surface area contributed by atoms with Crippen molar-refractivity contribution >= 4 is 61.6 Å². The number of benzene rings is 2. The Labute approximate surface area is 187 Å². The molecule has 1 aliphatic heterocycles. The van der Waals surface area contributed by atoms with Crippen LogP contribution in [0.25, 0.3) is 21.0 Å². The predicted molar refractivity (Wildman–Crippen MR) is 122 cm³/mol. The molecule has 0 unspecified atom stereocenters. The molecule has 2 amide bonds. The number of nitrogen functional groups attached to an aromatic ring is 1. The molecule has 2 aromatic heterocycles. The Bertz CT molecular complexity index is 1340. The Balaban J connectivity index is 1.28. The number of thiophene rings is 1. The lowest BCUT2D eigenvalue weighted by atomic mass is 10.1. The van der Waals surface area contributed by atoms with E-state index in [9.17, 15) is 9.59 Å². The van der Waals surface area contributed by atoms with Crippen LogP contribution in [-0.4, -0.2) is 51.2 Å². The Morgan fingerprint density at radius 3 is 2.84 bits per heavy atom. The third-order valence-corrected chi connectivity index (χ3v) is 6.72. The fourth-order valence-corrected chi connectivity index (χ4v) is 5.06. The molecule has 1 fully saturated rings. The van der Waals surface area contributed by atoms with E-state index in [4.69, 9.17) is 17.3 Å². The van der Waals surface area contributed by atoms with Gasteiger partial charge in [0.1, 0.15) is 18.7 Å². The number of hydrogen-bond donors (Lipinski definition) is 1. The smallest absolute Gasteiger partial charge is 0.264 e. The molecule has 0 aliphatic carbocycles. The van der Waals surface area contributed by atoms with Crippen molar-refractivity contribution in [3.63, 3.8) is 0 Å². The summed E-state index contributed by atoms with van der Waals surface area (Å²) in [6, 6.07) is 13.1. The highest BCUT2D eigenvalue weighted by Gasteiger charge is 2.28. The number of aromatic nitrogens is 2. The zero-order valence-electron chi connectivity index (χ0n) is 16.4. The molecule has 31 heavy (non-hydrogen) atoms. The summed E-state index contributed by atoms with van der Waals surface area (Å²) in [5.41, 5.74) is 7.58. The molecule has 0 bridgehead atoms. The molecule has 2 N–H and O–H groups in total. The van der Waals surface area contributed by atoms with E-state index in [0.29, 0.717) is 35.4 Å². The molecule has 0 spiro atoms. The lowest BCUT2D eigenvalue weighted by Crippen LogP contribution is -2.51. The Morgan fingerprint density at radius 1 is 1.13 bits per heavy atom. The van der Waals surface area contributed by atoms with Crippen LogP contribution in [-0.2, 0) is 11.3 Å². The van der Waals surface area contributed by atoms with Crippen molar-refractivity contribution in [3.8, 4) is 0 Å². The minimum Gasteiger partial charge on any atom is -0.383 e. The number of carbonyl (C=O) groups excluding carboxylic acids is 2. The van der Waals surface area contributed by atoms with Crippen molar-refractivity contribution < 1.29 is 9.59 Å². The topological polar surface area (TPSA) is 92.4 Å². The molecule has 0 saturated carbocycles. The maximum Gasteiger partial charge on any atom is 0.264 e. The van der Waals surface area contributed by atoms with Gasteiger partial charge in [-0.25, -0.2) is 9.97 Å². The van der Waals surface area contributed by atoms with Gasteiger partial charge in [0, 0.05) is 34.7 Å². The lowest BCUT2D eigenvalue weighted by molar-refractivity contribution is -0.135. The standard InChI is InChI=1S/C22H18ClN5O2S/c23-15-3-2-14-8-19(31-18(14)9-15)22(30)28-6-5-27(20(29)11-28)10-13-1-4-16-17(7-13)25-12-26-21(16)24/h1-4,7-9,12H,5-6,10-11H2,(H2,24,25,26). The third kappa shape index (κ3) is 3.80. The molecule has 2 aromatic carbocycles. The SMILES string of the molecule is Nc1ncnc2cc(CN3CCN(C(=O)c4cc5ccc(Cl)cc5s4)CC3=O)ccc12. The van der Waals surface area contributed by atoms with Crippen LogP contribution in [0, 0.1) is 0 Å². The fraction of sp³-hybridized carbons (Fsp3) is 0.182. The summed E-state index contributed by atoms with van der Waals surface area (Å²) in [6.07, 6.45) is 1.43. The highest BCUT2D eigenvalue weighted by molar-refractivity contribution is 7.20. The molecule has 9 heteroatoms. The number of anilines is 1. The first-order valence-corrected chi connectivity index (χ1v) is 10.9. The van der Waals surface area contributed by atoms with Crippen molar-refractivity contribution in [3.05, 3.63) is 64.3 Å². The van der Waals surface area contributed by atoms with Gasteiger partial charge in [0.25, 0.3) is 5.91 Å². The molecule has 4 aromatic rings. The number of halogens is 1. The van der Waals surface area contributed by atoms with E-state index < -0.39 is 0 Å². The van der Waals surface area contributed by atoms with E-state index >= 15 is 0 Å². The van der Waals surface area contributed by atoms with Crippen molar-refractivity contribution in [2.45, 2.75) is 6.54 Å². The quantitative estimate of drug-likeness (QED) is 0.514. The largest absolute Gasteiger partial charge is 0.383 e. The van der Waals surface area contributed by atoms with E-state index in [2.05, 4.69) is 9.97 Å². The summed E-state index contributed by atoms with van der Waals surface area (Å²) in [6.45, 7) is 1.49. The summed E-state index contributed by atoms with van der Waals surface area (Å²) in [5, 5.41) is 2.40.